The Kier molecular flexibility index (Phi) is 7.51. The van der Waals surface area contributed by atoms with Crippen LogP contribution in [0.2, 0.25) is 0 Å². The number of rotatable bonds is 7. The molecule has 0 aromatic heterocycles. The molecule has 1 radical (unpaired) electrons. The Morgan fingerprint density at radius 1 is 1.25 bits per heavy atom. The summed E-state index contributed by atoms with van der Waals surface area (Å²) >= 11 is 0. The molecule has 0 N–H and O–H groups in total. The maximum atomic E-state index is 10.1. The summed E-state index contributed by atoms with van der Waals surface area (Å²) in [5.74, 6) is 1.34. The smallest absolute Gasteiger partial charge is 0.106 e. The van der Waals surface area contributed by atoms with Crippen LogP contribution in [0.3, 0.4) is 0 Å². The molecule has 73 valence electrons. The van der Waals surface area contributed by atoms with E-state index in [2.05, 4.69) is 20.8 Å². The van der Waals surface area contributed by atoms with Crippen LogP contribution in [0, 0.1) is 11.8 Å². The second-order valence-corrected chi connectivity index (χ2v) is 3.33. The van der Waals surface area contributed by atoms with Crippen molar-refractivity contribution < 1.29 is 9.84 Å². The highest BCUT2D eigenvalue weighted by atomic mass is 16.5. The summed E-state index contributed by atoms with van der Waals surface area (Å²) in [6, 6.07) is 0. The standard InChI is InChI=1S/C10H21O2/c1-4-9(3)10(5-2)8-12-7-6-11/h9-10H,4-8H2,1-3H3. The molecule has 0 heterocycles. The number of hydrogen-bond donors (Lipinski definition) is 0. The minimum absolute atomic E-state index is 0.114. The zero-order valence-electron chi connectivity index (χ0n) is 8.51. The van der Waals surface area contributed by atoms with E-state index in [1.807, 2.05) is 0 Å². The maximum Gasteiger partial charge on any atom is 0.106 e. The highest BCUT2D eigenvalue weighted by molar-refractivity contribution is 4.62. The van der Waals surface area contributed by atoms with E-state index in [-0.39, 0.29) is 6.61 Å². The molecule has 0 spiro atoms. The van der Waals surface area contributed by atoms with E-state index in [9.17, 15) is 5.11 Å². The monoisotopic (exact) mass is 173 g/mol. The summed E-state index contributed by atoms with van der Waals surface area (Å²) in [5, 5.41) is 10.1. The van der Waals surface area contributed by atoms with E-state index in [1.165, 1.54) is 6.42 Å². The van der Waals surface area contributed by atoms with Crippen LogP contribution in [-0.2, 0) is 9.84 Å². The molecule has 2 nitrogen and oxygen atoms in total. The topological polar surface area (TPSA) is 29.1 Å². The molecule has 0 bridgehead atoms. The average Bonchev–Trinajstić information content (AvgIpc) is 2.11. The first-order chi connectivity index (χ1) is 5.76. The van der Waals surface area contributed by atoms with Gasteiger partial charge in [0.05, 0.1) is 6.61 Å². The molecule has 0 aromatic rings. The molecule has 12 heavy (non-hydrogen) atoms. The summed E-state index contributed by atoms with van der Waals surface area (Å²) in [6.45, 7) is 7.63. The van der Waals surface area contributed by atoms with Crippen molar-refractivity contribution in [3.63, 3.8) is 0 Å². The molecule has 0 aliphatic heterocycles. The Morgan fingerprint density at radius 2 is 1.92 bits per heavy atom. The van der Waals surface area contributed by atoms with Crippen molar-refractivity contribution in [3.05, 3.63) is 0 Å². The molecule has 0 saturated carbocycles. The summed E-state index contributed by atoms with van der Waals surface area (Å²) in [5.41, 5.74) is 0. The zero-order chi connectivity index (χ0) is 9.40. The van der Waals surface area contributed by atoms with Crippen LogP contribution in [0.25, 0.3) is 0 Å². The van der Waals surface area contributed by atoms with Gasteiger partial charge in [-0.3, -0.25) is 0 Å². The first-order valence-corrected chi connectivity index (χ1v) is 4.92. The Hall–Kier alpha value is -0.0800. The van der Waals surface area contributed by atoms with Crippen LogP contribution in [0.15, 0.2) is 0 Å². The number of ether oxygens (including phenoxy) is 1. The molecule has 2 atom stereocenters. The van der Waals surface area contributed by atoms with E-state index >= 15 is 0 Å². The Balaban J connectivity index is 3.52. The van der Waals surface area contributed by atoms with Crippen LogP contribution in [0.4, 0.5) is 0 Å². The molecule has 0 aromatic carbocycles. The highest BCUT2D eigenvalue weighted by Gasteiger charge is 2.13. The summed E-state index contributed by atoms with van der Waals surface area (Å²) in [7, 11) is 0. The van der Waals surface area contributed by atoms with Gasteiger partial charge in [0, 0.05) is 6.61 Å². The van der Waals surface area contributed by atoms with Gasteiger partial charge in [0.2, 0.25) is 0 Å². The van der Waals surface area contributed by atoms with E-state index in [4.69, 9.17) is 4.74 Å². The second-order valence-electron chi connectivity index (χ2n) is 3.33. The lowest BCUT2D eigenvalue weighted by Crippen LogP contribution is -2.17. The minimum atomic E-state index is -0.114. The van der Waals surface area contributed by atoms with Crippen LogP contribution >= 0.6 is 0 Å². The fourth-order valence-corrected chi connectivity index (χ4v) is 1.31. The van der Waals surface area contributed by atoms with Crippen molar-refractivity contribution in [1.29, 1.82) is 0 Å². The van der Waals surface area contributed by atoms with Gasteiger partial charge in [0.15, 0.2) is 0 Å². The fraction of sp³-hybridized carbons (Fsp3) is 1.00. The fourth-order valence-electron chi connectivity index (χ4n) is 1.31. The third-order valence-electron chi connectivity index (χ3n) is 2.53. The van der Waals surface area contributed by atoms with Crippen LogP contribution in [0.1, 0.15) is 33.6 Å². The third kappa shape index (κ3) is 4.73. The van der Waals surface area contributed by atoms with Crippen molar-refractivity contribution in [2.45, 2.75) is 33.6 Å². The van der Waals surface area contributed by atoms with Crippen LogP contribution in [-0.4, -0.2) is 19.8 Å². The van der Waals surface area contributed by atoms with Gasteiger partial charge in [0.25, 0.3) is 0 Å². The predicted octanol–water partition coefficient (Wildman–Crippen LogP) is 2.51. The van der Waals surface area contributed by atoms with Crippen molar-refractivity contribution in [2.75, 3.05) is 19.8 Å². The first-order valence-electron chi connectivity index (χ1n) is 4.92. The van der Waals surface area contributed by atoms with Gasteiger partial charge in [-0.1, -0.05) is 33.6 Å². The Bertz CT molecular complexity index is 93.8. The predicted molar refractivity (Wildman–Crippen MR) is 49.6 cm³/mol. The Labute approximate surface area is 75.9 Å². The van der Waals surface area contributed by atoms with Crippen LogP contribution in [0.5, 0.6) is 0 Å². The quantitative estimate of drug-likeness (QED) is 0.544. The summed E-state index contributed by atoms with van der Waals surface area (Å²) in [6.07, 6.45) is 2.34. The van der Waals surface area contributed by atoms with E-state index in [0.29, 0.717) is 18.4 Å². The molecular weight excluding hydrogens is 152 g/mol. The molecule has 0 rings (SSSR count). The summed E-state index contributed by atoms with van der Waals surface area (Å²) < 4.78 is 5.25. The molecule has 0 amide bonds. The normalized spacial score (nSPS) is 16.0. The molecule has 0 fully saturated rings. The lowest BCUT2D eigenvalue weighted by atomic mass is 9.90. The maximum absolute atomic E-state index is 10.1. The SMILES string of the molecule is CCC(C)C(CC)COCC[O]. The average molecular weight is 173 g/mol. The first kappa shape index (κ1) is 11.9. The van der Waals surface area contributed by atoms with Crippen molar-refractivity contribution in [2.24, 2.45) is 11.8 Å². The molecule has 2 unspecified atom stereocenters. The van der Waals surface area contributed by atoms with Gasteiger partial charge in [-0.2, -0.15) is 0 Å². The second kappa shape index (κ2) is 7.56. The Morgan fingerprint density at radius 3 is 2.33 bits per heavy atom. The van der Waals surface area contributed by atoms with E-state index in [0.717, 1.165) is 13.0 Å². The zero-order valence-corrected chi connectivity index (χ0v) is 8.51. The van der Waals surface area contributed by atoms with Gasteiger partial charge in [-0.25, -0.2) is 5.11 Å². The molecule has 0 aliphatic rings. The van der Waals surface area contributed by atoms with Gasteiger partial charge in [0.1, 0.15) is 6.61 Å². The van der Waals surface area contributed by atoms with E-state index < -0.39 is 0 Å². The van der Waals surface area contributed by atoms with Crippen molar-refractivity contribution in [3.8, 4) is 0 Å². The largest absolute Gasteiger partial charge is 0.379 e. The van der Waals surface area contributed by atoms with Gasteiger partial charge in [-0.15, -0.1) is 0 Å². The molecule has 0 aliphatic carbocycles. The van der Waals surface area contributed by atoms with Gasteiger partial charge >= 0.3 is 0 Å². The highest BCUT2D eigenvalue weighted by Crippen LogP contribution is 2.18. The summed E-state index contributed by atoms with van der Waals surface area (Å²) in [4.78, 5) is 0. The van der Waals surface area contributed by atoms with Crippen molar-refractivity contribution >= 4 is 0 Å². The molecule has 0 saturated heterocycles. The van der Waals surface area contributed by atoms with Crippen molar-refractivity contribution in [1.82, 2.24) is 0 Å². The van der Waals surface area contributed by atoms with Crippen LogP contribution < -0.4 is 0 Å². The minimum Gasteiger partial charge on any atom is -0.379 e. The molecular formula is C10H21O2. The number of hydrogen-bond acceptors (Lipinski definition) is 1. The lowest BCUT2D eigenvalue weighted by Gasteiger charge is -2.20. The molecule has 2 heteroatoms. The van der Waals surface area contributed by atoms with Gasteiger partial charge < -0.3 is 4.74 Å². The van der Waals surface area contributed by atoms with Gasteiger partial charge in [-0.05, 0) is 11.8 Å². The third-order valence-corrected chi connectivity index (χ3v) is 2.53. The van der Waals surface area contributed by atoms with E-state index in [1.54, 1.807) is 0 Å². The lowest BCUT2D eigenvalue weighted by molar-refractivity contribution is 0.0336.